The predicted molar refractivity (Wildman–Crippen MR) is 59.4 cm³/mol. The Morgan fingerprint density at radius 1 is 1.31 bits per heavy atom. The van der Waals surface area contributed by atoms with Gasteiger partial charge in [-0.15, -0.1) is 11.8 Å². The third-order valence-corrected chi connectivity index (χ3v) is 3.74. The first-order valence-corrected chi connectivity index (χ1v) is 5.82. The van der Waals surface area contributed by atoms with E-state index in [1.165, 1.54) is 5.56 Å². The third kappa shape index (κ3) is 2.39. The molecule has 1 unspecified atom stereocenters. The average Bonchev–Trinajstić information content (AvgIpc) is 2.19. The van der Waals surface area contributed by atoms with E-state index in [0.717, 1.165) is 18.8 Å². The van der Waals surface area contributed by atoms with E-state index in [9.17, 15) is 0 Å². The molecule has 1 heterocycles. The van der Waals surface area contributed by atoms with Gasteiger partial charge in [-0.05, 0) is 5.56 Å². The molecule has 1 aromatic carbocycles. The van der Waals surface area contributed by atoms with E-state index < -0.39 is 0 Å². The van der Waals surface area contributed by atoms with Gasteiger partial charge in [0.25, 0.3) is 0 Å². The molecule has 69 valence electrons. The first kappa shape index (κ1) is 9.38. The van der Waals surface area contributed by atoms with Crippen LogP contribution < -0.4 is 4.42 Å². The molecular formula is C10H12ClNS+. The zero-order chi connectivity index (χ0) is 9.10. The second-order valence-electron chi connectivity index (χ2n) is 3.14. The fourth-order valence-corrected chi connectivity index (χ4v) is 3.14. The molecule has 1 aliphatic rings. The highest BCUT2D eigenvalue weighted by Crippen LogP contribution is 2.32. The van der Waals surface area contributed by atoms with E-state index in [4.69, 9.17) is 11.8 Å². The maximum Gasteiger partial charge on any atom is 0.225 e. The van der Waals surface area contributed by atoms with Crippen LogP contribution in [0.4, 0.5) is 0 Å². The standard InChI is InChI=1S/C10H12ClNS/c11-12-6-7-13-10(8-12)9-4-2-1-3-5-9/h1-5,10H,6-8H2/q+1. The first-order chi connectivity index (χ1) is 6.36. The molecule has 1 nitrogen and oxygen atoms in total. The Hall–Kier alpha value is -0.180. The van der Waals surface area contributed by atoms with Gasteiger partial charge in [-0.1, -0.05) is 34.8 Å². The Balaban J connectivity index is 2.08. The number of rotatable bonds is 1. The molecule has 1 radical (unpaired) electrons. The monoisotopic (exact) mass is 213 g/mol. The van der Waals surface area contributed by atoms with Crippen molar-refractivity contribution in [2.45, 2.75) is 5.25 Å². The van der Waals surface area contributed by atoms with Crippen molar-refractivity contribution in [1.29, 1.82) is 0 Å². The van der Waals surface area contributed by atoms with Crippen molar-refractivity contribution in [2.24, 2.45) is 0 Å². The van der Waals surface area contributed by atoms with Crippen LogP contribution in [0.5, 0.6) is 0 Å². The number of halogens is 1. The molecule has 0 spiro atoms. The van der Waals surface area contributed by atoms with Gasteiger partial charge in [0, 0.05) is 0 Å². The molecule has 3 heteroatoms. The molecule has 1 saturated heterocycles. The molecule has 0 bridgehead atoms. The summed E-state index contributed by atoms with van der Waals surface area (Å²) in [5.74, 6) is 1.13. The number of thioether (sulfide) groups is 1. The quantitative estimate of drug-likeness (QED) is 0.650. The third-order valence-electron chi connectivity index (χ3n) is 2.19. The Bertz CT molecular complexity index is 265. The zero-order valence-corrected chi connectivity index (χ0v) is 8.89. The summed E-state index contributed by atoms with van der Waals surface area (Å²) in [6.45, 7) is 1.95. The summed E-state index contributed by atoms with van der Waals surface area (Å²) in [5, 5.41) is 0.549. The molecule has 0 aliphatic carbocycles. The van der Waals surface area contributed by atoms with Crippen LogP contribution in [0.2, 0.25) is 0 Å². The smallest absolute Gasteiger partial charge is 0.141 e. The fraction of sp³-hybridized carbons (Fsp3) is 0.400. The lowest BCUT2D eigenvalue weighted by Gasteiger charge is -2.19. The highest BCUT2D eigenvalue weighted by Gasteiger charge is 2.27. The van der Waals surface area contributed by atoms with Crippen molar-refractivity contribution in [3.05, 3.63) is 35.9 Å². The van der Waals surface area contributed by atoms with Crippen LogP contribution in [-0.2, 0) is 0 Å². The summed E-state index contributed by atoms with van der Waals surface area (Å²) in [6.07, 6.45) is 0. The van der Waals surface area contributed by atoms with Crippen LogP contribution >= 0.6 is 23.5 Å². The van der Waals surface area contributed by atoms with Crippen molar-refractivity contribution >= 4 is 23.5 Å². The van der Waals surface area contributed by atoms with Crippen molar-refractivity contribution in [1.82, 2.24) is 4.42 Å². The van der Waals surface area contributed by atoms with E-state index in [0.29, 0.717) is 5.25 Å². The number of hydrogen-bond donors (Lipinski definition) is 0. The molecule has 1 aromatic rings. The first-order valence-electron chi connectivity index (χ1n) is 4.43. The number of benzene rings is 1. The van der Waals surface area contributed by atoms with Crippen molar-refractivity contribution in [3.8, 4) is 0 Å². The Labute approximate surface area is 88.2 Å². The summed E-state index contributed by atoms with van der Waals surface area (Å²) < 4.78 is 1.88. The Kier molecular flexibility index (Phi) is 3.14. The zero-order valence-electron chi connectivity index (χ0n) is 7.32. The molecule has 0 aromatic heterocycles. The van der Waals surface area contributed by atoms with Crippen LogP contribution in [0, 0.1) is 0 Å². The topological polar surface area (TPSA) is 5.90 Å². The second-order valence-corrected chi connectivity index (χ2v) is 4.93. The number of hydrogen-bond acceptors (Lipinski definition) is 2. The normalized spacial score (nSPS) is 24.5. The van der Waals surface area contributed by atoms with Gasteiger partial charge in [0.2, 0.25) is 11.8 Å². The maximum atomic E-state index is 5.98. The van der Waals surface area contributed by atoms with Crippen LogP contribution in [0.15, 0.2) is 30.3 Å². The minimum absolute atomic E-state index is 0.549. The van der Waals surface area contributed by atoms with Crippen molar-refractivity contribution < 1.29 is 0 Å². The summed E-state index contributed by atoms with van der Waals surface area (Å²) in [4.78, 5) is 0. The van der Waals surface area contributed by atoms with E-state index in [1.807, 2.05) is 16.2 Å². The largest absolute Gasteiger partial charge is 0.225 e. The van der Waals surface area contributed by atoms with Crippen LogP contribution in [0.1, 0.15) is 10.8 Å². The van der Waals surface area contributed by atoms with Gasteiger partial charge in [0.15, 0.2) is 13.1 Å². The number of nitrogens with zero attached hydrogens (tertiary/aromatic N) is 1. The van der Waals surface area contributed by atoms with E-state index >= 15 is 0 Å². The lowest BCUT2D eigenvalue weighted by Crippen LogP contribution is -2.31. The molecule has 1 fully saturated rings. The van der Waals surface area contributed by atoms with Crippen LogP contribution in [0.25, 0.3) is 0 Å². The lowest BCUT2D eigenvalue weighted by molar-refractivity contribution is 0.601. The van der Waals surface area contributed by atoms with Gasteiger partial charge >= 0.3 is 0 Å². The average molecular weight is 214 g/mol. The summed E-state index contributed by atoms with van der Waals surface area (Å²) >= 11 is 7.98. The molecule has 2 rings (SSSR count). The lowest BCUT2D eigenvalue weighted by atomic mass is 10.1. The molecule has 0 amide bonds. The van der Waals surface area contributed by atoms with E-state index in [2.05, 4.69) is 30.3 Å². The molecule has 13 heavy (non-hydrogen) atoms. The van der Waals surface area contributed by atoms with Gasteiger partial charge in [-0.25, -0.2) is 0 Å². The van der Waals surface area contributed by atoms with Crippen LogP contribution in [-0.4, -0.2) is 18.8 Å². The second kappa shape index (κ2) is 4.36. The van der Waals surface area contributed by atoms with Gasteiger partial charge in [-0.3, -0.25) is 0 Å². The predicted octanol–water partition coefficient (Wildman–Crippen LogP) is 2.77. The summed E-state index contributed by atoms with van der Waals surface area (Å²) in [6, 6.07) is 10.6. The van der Waals surface area contributed by atoms with Gasteiger partial charge in [-0.2, -0.15) is 0 Å². The Morgan fingerprint density at radius 3 is 2.77 bits per heavy atom. The fourth-order valence-electron chi connectivity index (χ4n) is 1.49. The highest BCUT2D eigenvalue weighted by molar-refractivity contribution is 7.99. The minimum Gasteiger partial charge on any atom is -0.141 e. The Morgan fingerprint density at radius 2 is 2.08 bits per heavy atom. The van der Waals surface area contributed by atoms with Crippen molar-refractivity contribution in [2.75, 3.05) is 18.8 Å². The minimum atomic E-state index is 0.549. The summed E-state index contributed by atoms with van der Waals surface area (Å²) in [7, 11) is 0. The van der Waals surface area contributed by atoms with E-state index in [1.54, 1.807) is 0 Å². The van der Waals surface area contributed by atoms with Crippen molar-refractivity contribution in [3.63, 3.8) is 0 Å². The molecule has 0 N–H and O–H groups in total. The molecule has 0 saturated carbocycles. The van der Waals surface area contributed by atoms with Gasteiger partial charge in [0.05, 0.1) is 11.0 Å². The molecule has 1 atom stereocenters. The van der Waals surface area contributed by atoms with Gasteiger partial charge < -0.3 is 0 Å². The highest BCUT2D eigenvalue weighted by atomic mass is 35.5. The van der Waals surface area contributed by atoms with E-state index in [-0.39, 0.29) is 0 Å². The maximum absolute atomic E-state index is 5.98. The van der Waals surface area contributed by atoms with Gasteiger partial charge in [0.1, 0.15) is 0 Å². The molecular weight excluding hydrogens is 202 g/mol. The van der Waals surface area contributed by atoms with Crippen LogP contribution in [0.3, 0.4) is 0 Å². The molecule has 1 aliphatic heterocycles. The SMILES string of the molecule is Cl[N+]1CCSC(c2ccccc2)C1. The summed E-state index contributed by atoms with van der Waals surface area (Å²) in [5.41, 5.74) is 1.39.